The summed E-state index contributed by atoms with van der Waals surface area (Å²) in [6.07, 6.45) is 0. The summed E-state index contributed by atoms with van der Waals surface area (Å²) < 4.78 is 133. The molecule has 0 amide bonds. The molecule has 224 valence electrons. The van der Waals surface area contributed by atoms with Crippen molar-refractivity contribution < 1.29 is 28.0 Å². The van der Waals surface area contributed by atoms with Gasteiger partial charge in [-0.05, 0) is 52.6 Å². The molecule has 0 bridgehead atoms. The van der Waals surface area contributed by atoms with Crippen LogP contribution in [0.4, 0.5) is 0 Å². The lowest BCUT2D eigenvalue weighted by Crippen LogP contribution is -2.01. The van der Waals surface area contributed by atoms with Gasteiger partial charge in [-0.2, -0.15) is 0 Å². The summed E-state index contributed by atoms with van der Waals surface area (Å²) in [5, 5.41) is 2.16. The van der Waals surface area contributed by atoms with Crippen molar-refractivity contribution in [3.63, 3.8) is 0 Å². The summed E-state index contributed by atoms with van der Waals surface area (Å²) in [5.74, 6) is -0.259. The molecule has 0 aliphatic rings. The molecule has 7 aromatic carbocycles. The van der Waals surface area contributed by atoms with Crippen LogP contribution in [0.5, 0.6) is 0 Å². The van der Waals surface area contributed by atoms with Crippen molar-refractivity contribution in [1.82, 2.24) is 15.0 Å². The number of nitrogens with zero attached hydrogens (tertiary/aromatic N) is 3. The quantitative estimate of drug-likeness (QED) is 0.194. The Kier molecular flexibility index (Phi) is 3.56. The number of fused-ring (bicyclic) bond motifs is 7. The van der Waals surface area contributed by atoms with Gasteiger partial charge in [-0.25, -0.2) is 15.0 Å². The van der Waals surface area contributed by atoms with Crippen LogP contribution in [0, 0.1) is 0 Å². The Bertz CT molecular complexity index is 3630. The molecule has 0 spiro atoms. The standard InChI is InChI=1S/C43H25N3O2/c1-2-12-27(13-3-1)30-23-24-34(39-32-16-7-9-19-36(32)48-40(30)39)43-45-41(29-22-21-26-11-4-5-14-28(26)25-29)44-42(46-43)33-17-10-20-37-38(33)31-15-6-8-18-35(31)47-37/h1-25H/i1D,2D,3D,6D,7D,8D,9D,12D,13D,17D,18D,19D,20D,24D. The normalized spacial score (nSPS) is 15.8. The van der Waals surface area contributed by atoms with Gasteiger partial charge in [-0.15, -0.1) is 0 Å². The first kappa shape index (κ1) is 16.3. The first-order valence-electron chi connectivity index (χ1n) is 21.8. The van der Waals surface area contributed by atoms with Crippen molar-refractivity contribution in [3.8, 4) is 45.3 Å². The van der Waals surface area contributed by atoms with Gasteiger partial charge in [-0.1, -0.05) is 115 Å². The molecular weight excluding hydrogens is 590 g/mol. The third-order valence-corrected chi connectivity index (χ3v) is 8.20. The van der Waals surface area contributed by atoms with E-state index in [0.717, 1.165) is 10.8 Å². The van der Waals surface area contributed by atoms with Gasteiger partial charge in [0.25, 0.3) is 0 Å². The van der Waals surface area contributed by atoms with Crippen LogP contribution in [-0.4, -0.2) is 15.0 Å². The number of hydrogen-bond donors (Lipinski definition) is 0. The van der Waals surface area contributed by atoms with Crippen LogP contribution in [0.15, 0.2) is 160 Å². The molecule has 5 nitrogen and oxygen atoms in total. The Morgan fingerprint density at radius 1 is 0.438 bits per heavy atom. The lowest BCUT2D eigenvalue weighted by Gasteiger charge is -2.11. The van der Waals surface area contributed by atoms with Crippen molar-refractivity contribution in [2.24, 2.45) is 0 Å². The third-order valence-electron chi connectivity index (χ3n) is 8.20. The van der Waals surface area contributed by atoms with Crippen LogP contribution in [-0.2, 0) is 0 Å². The molecule has 5 heteroatoms. The van der Waals surface area contributed by atoms with Gasteiger partial charge in [0.05, 0.1) is 19.2 Å². The minimum atomic E-state index is -0.637. The topological polar surface area (TPSA) is 65.0 Å². The minimum absolute atomic E-state index is 0.0216. The van der Waals surface area contributed by atoms with Crippen LogP contribution in [0.2, 0.25) is 0 Å². The second kappa shape index (κ2) is 10.5. The number of aromatic nitrogens is 3. The Labute approximate surface area is 294 Å². The molecule has 0 saturated carbocycles. The number of rotatable bonds is 4. The maximum atomic E-state index is 9.58. The third kappa shape index (κ3) is 4.15. The van der Waals surface area contributed by atoms with Crippen molar-refractivity contribution in [2.75, 3.05) is 0 Å². The van der Waals surface area contributed by atoms with E-state index in [4.69, 9.17) is 40.2 Å². The van der Waals surface area contributed by atoms with E-state index in [1.54, 1.807) is 6.07 Å². The Balaban J connectivity index is 1.37. The molecule has 10 rings (SSSR count). The fraction of sp³-hybridized carbons (Fsp3) is 0. The van der Waals surface area contributed by atoms with Crippen LogP contribution in [0.25, 0.3) is 99.9 Å². The molecule has 0 radical (unpaired) electrons. The van der Waals surface area contributed by atoms with E-state index >= 15 is 0 Å². The molecule has 0 N–H and O–H groups in total. The van der Waals surface area contributed by atoms with E-state index in [9.17, 15) is 2.74 Å². The number of furan rings is 2. The fourth-order valence-electron chi connectivity index (χ4n) is 6.05. The Morgan fingerprint density at radius 2 is 1.12 bits per heavy atom. The van der Waals surface area contributed by atoms with E-state index in [2.05, 4.69) is 0 Å². The zero-order chi connectivity index (χ0) is 43.8. The van der Waals surface area contributed by atoms with Crippen LogP contribution in [0.1, 0.15) is 19.2 Å². The van der Waals surface area contributed by atoms with E-state index < -0.39 is 48.3 Å². The van der Waals surface area contributed by atoms with Gasteiger partial charge >= 0.3 is 0 Å². The predicted octanol–water partition coefficient (Wildman–Crippen LogP) is 11.5. The summed E-state index contributed by atoms with van der Waals surface area (Å²) in [4.78, 5) is 14.6. The van der Waals surface area contributed by atoms with Gasteiger partial charge in [0.1, 0.15) is 22.3 Å². The molecule has 0 atom stereocenters. The molecule has 0 saturated heterocycles. The molecule has 3 heterocycles. The molecule has 0 fully saturated rings. The Hall–Kier alpha value is -6.59. The minimum Gasteiger partial charge on any atom is -0.456 e. The van der Waals surface area contributed by atoms with E-state index in [-0.39, 0.29) is 120 Å². The van der Waals surface area contributed by atoms with Crippen LogP contribution in [0.3, 0.4) is 0 Å². The average molecular weight is 630 g/mol. The highest BCUT2D eigenvalue weighted by atomic mass is 16.3. The summed E-state index contributed by atoms with van der Waals surface area (Å²) in [6, 6.07) is 11.9. The van der Waals surface area contributed by atoms with Gasteiger partial charge in [-0.3, -0.25) is 0 Å². The first-order chi connectivity index (χ1) is 29.5. The molecular formula is C43H25N3O2. The highest BCUT2D eigenvalue weighted by molar-refractivity contribution is 6.16. The molecule has 10 aromatic rings. The SMILES string of the molecule is [2H]c1cc2c(oc3c([2H])cc([2H])c(-c4nc(-c5ccc6ccccc6c5)nc(-c5c([2H])cc(-c6c([2H])c([2H])c([2H])c([2H])c6[2H])c6oc7c([2H])c([2H])c([2H])cc7c56)n4)c32)c([2H])c1[2H]. The van der Waals surface area contributed by atoms with Gasteiger partial charge in [0.2, 0.25) is 0 Å². The van der Waals surface area contributed by atoms with Crippen molar-refractivity contribution in [3.05, 3.63) is 151 Å². The van der Waals surface area contributed by atoms with Crippen LogP contribution < -0.4 is 0 Å². The van der Waals surface area contributed by atoms with Gasteiger partial charge in [0.15, 0.2) is 17.5 Å². The lowest BCUT2D eigenvalue weighted by molar-refractivity contribution is 0.669. The highest BCUT2D eigenvalue weighted by Crippen LogP contribution is 2.42. The predicted molar refractivity (Wildman–Crippen MR) is 194 cm³/mol. The largest absolute Gasteiger partial charge is 0.456 e. The molecule has 0 unspecified atom stereocenters. The molecule has 0 aliphatic carbocycles. The second-order valence-electron chi connectivity index (χ2n) is 10.9. The number of benzene rings is 7. The maximum absolute atomic E-state index is 9.58. The monoisotopic (exact) mass is 629 g/mol. The van der Waals surface area contributed by atoms with Crippen LogP contribution >= 0.6 is 0 Å². The first-order valence-corrected chi connectivity index (χ1v) is 14.8. The van der Waals surface area contributed by atoms with Crippen molar-refractivity contribution in [2.45, 2.75) is 0 Å². The zero-order valence-electron chi connectivity index (χ0n) is 38.5. The summed E-state index contributed by atoms with van der Waals surface area (Å²) >= 11 is 0. The van der Waals surface area contributed by atoms with Gasteiger partial charge in [0, 0.05) is 43.8 Å². The zero-order valence-corrected chi connectivity index (χ0v) is 24.5. The van der Waals surface area contributed by atoms with E-state index in [0.29, 0.717) is 5.56 Å². The number of hydrogen-bond acceptors (Lipinski definition) is 5. The fourth-order valence-corrected chi connectivity index (χ4v) is 6.05. The lowest BCUT2D eigenvalue weighted by atomic mass is 9.98. The smallest absolute Gasteiger partial charge is 0.164 e. The molecule has 0 aliphatic heterocycles. The van der Waals surface area contributed by atoms with E-state index in [1.807, 2.05) is 36.4 Å². The molecule has 3 aromatic heterocycles. The maximum Gasteiger partial charge on any atom is 0.164 e. The van der Waals surface area contributed by atoms with Crippen molar-refractivity contribution in [1.29, 1.82) is 0 Å². The highest BCUT2D eigenvalue weighted by Gasteiger charge is 2.22. The molecule has 48 heavy (non-hydrogen) atoms. The Morgan fingerprint density at radius 3 is 1.94 bits per heavy atom. The van der Waals surface area contributed by atoms with E-state index in [1.165, 1.54) is 24.3 Å². The summed E-state index contributed by atoms with van der Waals surface area (Å²) in [6.45, 7) is 0. The summed E-state index contributed by atoms with van der Waals surface area (Å²) in [5.41, 5.74) is -0.381. The van der Waals surface area contributed by atoms with Gasteiger partial charge < -0.3 is 8.83 Å². The number of para-hydroxylation sites is 2. The second-order valence-corrected chi connectivity index (χ2v) is 10.9. The average Bonchev–Trinajstić information content (AvgIpc) is 3.82. The summed E-state index contributed by atoms with van der Waals surface area (Å²) in [7, 11) is 0. The van der Waals surface area contributed by atoms with Crippen molar-refractivity contribution >= 4 is 54.6 Å².